The molecule has 1 aliphatic heterocycles. The highest BCUT2D eigenvalue weighted by Gasteiger charge is 2.42. The lowest BCUT2D eigenvalue weighted by Crippen LogP contribution is -2.43. The van der Waals surface area contributed by atoms with Gasteiger partial charge in [0.25, 0.3) is 0 Å². The molecule has 1 aromatic rings. The summed E-state index contributed by atoms with van der Waals surface area (Å²) in [6.07, 6.45) is 14.4. The molecule has 50 heavy (non-hydrogen) atoms. The number of halogens is 1. The number of benzene rings is 1. The van der Waals surface area contributed by atoms with E-state index in [2.05, 4.69) is 35.0 Å². The van der Waals surface area contributed by atoms with E-state index >= 15 is 0 Å². The fourth-order valence-corrected chi connectivity index (χ4v) is 5.90. The number of unbranched alkanes of at least 4 members (excludes halogenated alkanes) is 3. The molecule has 0 aromatic heterocycles. The summed E-state index contributed by atoms with van der Waals surface area (Å²) < 4.78 is 28.4. The molecule has 0 spiro atoms. The van der Waals surface area contributed by atoms with Crippen LogP contribution in [-0.2, 0) is 43.9 Å². The molecule has 4 N–H and O–H groups in total. The quantitative estimate of drug-likeness (QED) is 0.0838. The number of rotatable bonds is 16. The van der Waals surface area contributed by atoms with Gasteiger partial charge in [0, 0.05) is 23.9 Å². The van der Waals surface area contributed by atoms with Crippen LogP contribution in [-0.4, -0.2) is 71.2 Å². The van der Waals surface area contributed by atoms with Gasteiger partial charge in [0.05, 0.1) is 24.0 Å². The molecule has 3 rings (SSSR count). The predicted octanol–water partition coefficient (Wildman–Crippen LogP) is 6.32. The van der Waals surface area contributed by atoms with Crippen molar-refractivity contribution in [1.82, 2.24) is 4.90 Å². The van der Waals surface area contributed by atoms with E-state index in [1.165, 1.54) is 18.9 Å². The summed E-state index contributed by atoms with van der Waals surface area (Å²) in [5, 5.41) is 0. The van der Waals surface area contributed by atoms with E-state index in [1.54, 1.807) is 30.3 Å². The van der Waals surface area contributed by atoms with Crippen LogP contribution in [0.2, 0.25) is 0 Å². The van der Waals surface area contributed by atoms with Gasteiger partial charge in [-0.05, 0) is 76.1 Å². The van der Waals surface area contributed by atoms with E-state index in [0.29, 0.717) is 10.8 Å². The lowest BCUT2D eigenvalue weighted by molar-refractivity contribution is -0.142. The van der Waals surface area contributed by atoms with Crippen LogP contribution in [0.15, 0.2) is 57.9 Å². The lowest BCUT2D eigenvalue weighted by Gasteiger charge is -2.21. The number of hydrogen-bond acceptors (Lipinski definition) is 9. The molecule has 1 heterocycles. The van der Waals surface area contributed by atoms with Crippen molar-refractivity contribution < 1.29 is 41.8 Å². The lowest BCUT2D eigenvalue weighted by atomic mass is 10.1. The Morgan fingerprint density at radius 1 is 1.04 bits per heavy atom. The highest BCUT2D eigenvalue weighted by atomic mass is 79.9. The number of aldehydes is 1. The number of nitrogens with zero attached hydrogens (tertiary/aromatic N) is 1. The first-order chi connectivity index (χ1) is 23.9. The van der Waals surface area contributed by atoms with Crippen molar-refractivity contribution in [2.45, 2.75) is 116 Å². The number of esters is 1. The van der Waals surface area contributed by atoms with Crippen molar-refractivity contribution in [2.75, 3.05) is 13.7 Å². The Labute approximate surface area is 308 Å². The molecule has 1 saturated heterocycles. The molecule has 1 saturated carbocycles. The van der Waals surface area contributed by atoms with Crippen LogP contribution >= 0.6 is 15.9 Å². The van der Waals surface area contributed by atoms with E-state index < -0.39 is 35.2 Å². The number of primary amides is 2. The Morgan fingerprint density at radius 2 is 1.66 bits per heavy atom. The summed E-state index contributed by atoms with van der Waals surface area (Å²) in [4.78, 5) is 56.9. The molecule has 2 aliphatic rings. The van der Waals surface area contributed by atoms with Crippen molar-refractivity contribution in [1.29, 1.82) is 0 Å². The minimum absolute atomic E-state index is 0.0164. The van der Waals surface area contributed by atoms with Gasteiger partial charge in [0.15, 0.2) is 11.1 Å². The summed E-state index contributed by atoms with van der Waals surface area (Å²) in [5.41, 5.74) is 10.3. The van der Waals surface area contributed by atoms with Crippen LogP contribution in [0.25, 0.3) is 0 Å². The van der Waals surface area contributed by atoms with Gasteiger partial charge in [-0.2, -0.15) is 0 Å². The fraction of sp³-hybridized carbons (Fsp3) is 0.583. The molecule has 0 radical (unpaired) electrons. The van der Waals surface area contributed by atoms with E-state index in [-0.39, 0.29) is 43.3 Å². The summed E-state index contributed by atoms with van der Waals surface area (Å²) >= 11 is 1.62. The third kappa shape index (κ3) is 19.7. The maximum Gasteiger partial charge on any atom is 0.404 e. The second-order valence-electron chi connectivity index (χ2n) is 11.3. The SMILES string of the molecule is CC.CC=O.CCCCC(C)OC(N)=O.COC(=O)C1CC1/C=C\CCC/C=C/CC(=O)N1CC(OS(=O)c2ccc(Br)cc2)CC1C(N)=O. The van der Waals surface area contributed by atoms with Gasteiger partial charge < -0.3 is 30.6 Å². The number of nitrogens with two attached hydrogens (primary N) is 2. The number of carbonyl (C=O) groups is 5. The van der Waals surface area contributed by atoms with Crippen LogP contribution in [0.5, 0.6) is 0 Å². The van der Waals surface area contributed by atoms with Crippen LogP contribution in [0, 0.1) is 11.8 Å². The maximum absolute atomic E-state index is 12.7. The van der Waals surface area contributed by atoms with E-state index in [0.717, 1.165) is 55.7 Å². The van der Waals surface area contributed by atoms with Gasteiger partial charge in [-0.15, -0.1) is 0 Å². The maximum atomic E-state index is 12.7. The first-order valence-electron chi connectivity index (χ1n) is 17.1. The molecule has 282 valence electrons. The summed E-state index contributed by atoms with van der Waals surface area (Å²) in [6, 6.07) is 6.14. The van der Waals surface area contributed by atoms with E-state index in [4.69, 9.17) is 29.9 Å². The molecule has 14 heteroatoms. The Balaban J connectivity index is 0.00000135. The van der Waals surface area contributed by atoms with Gasteiger partial charge in [-0.1, -0.05) is 73.8 Å². The molecule has 2 fully saturated rings. The van der Waals surface area contributed by atoms with Crippen LogP contribution < -0.4 is 11.5 Å². The van der Waals surface area contributed by atoms with Crippen molar-refractivity contribution in [3.8, 4) is 0 Å². The Morgan fingerprint density at radius 3 is 2.22 bits per heavy atom. The highest BCUT2D eigenvalue weighted by molar-refractivity contribution is 9.10. The van der Waals surface area contributed by atoms with Crippen molar-refractivity contribution >= 4 is 57.2 Å². The minimum atomic E-state index is -1.71. The van der Waals surface area contributed by atoms with Crippen molar-refractivity contribution in [3.05, 3.63) is 53.0 Å². The van der Waals surface area contributed by atoms with Crippen LogP contribution in [0.1, 0.15) is 92.4 Å². The molecule has 12 nitrogen and oxygen atoms in total. The monoisotopic (exact) mass is 785 g/mol. The van der Waals surface area contributed by atoms with Crippen LogP contribution in [0.3, 0.4) is 0 Å². The summed E-state index contributed by atoms with van der Waals surface area (Å²) in [7, 11) is 1.41. The Bertz CT molecular complexity index is 1260. The van der Waals surface area contributed by atoms with Gasteiger partial charge in [0.1, 0.15) is 18.4 Å². The summed E-state index contributed by atoms with van der Waals surface area (Å²) in [6.45, 7) is 9.55. The zero-order chi connectivity index (χ0) is 38.1. The normalized spacial score (nSPS) is 20.2. The average molecular weight is 787 g/mol. The number of amides is 3. The molecular weight excluding hydrogens is 730 g/mol. The second kappa shape index (κ2) is 27.4. The molecular formula is C36H56BrN3O9S. The Kier molecular flexibility index (Phi) is 25.5. The van der Waals surface area contributed by atoms with Gasteiger partial charge in [-0.25, -0.2) is 9.00 Å². The average Bonchev–Trinajstić information content (AvgIpc) is 3.74. The van der Waals surface area contributed by atoms with Crippen molar-refractivity contribution in [2.24, 2.45) is 23.3 Å². The standard InChI is InChI=1S/C25H31BrN2O6S.C7H15NO2.C2H4O.C2H6/c1-33-25(31)21-14-17(21)8-6-4-2-3-5-7-9-23(29)28-16-19(15-22(28)24(27)30)34-35(32)20-12-10-18(26)11-13-20;1-3-4-5-6(2)10-7(8)9;1-2-3;1-2/h5-8,10-13,17,19,21-22H,2-4,9,14-16H2,1H3,(H2,27,30);6H,3-5H2,1-2H3,(H2,8,9);2H,1H3;1-2H3/b7-5+,8-6-;;;. The molecule has 0 bridgehead atoms. The fourth-order valence-electron chi connectivity index (χ4n) is 4.78. The van der Waals surface area contributed by atoms with Gasteiger partial charge in [0.2, 0.25) is 11.8 Å². The zero-order valence-corrected chi connectivity index (χ0v) is 32.6. The third-order valence-electron chi connectivity index (χ3n) is 7.35. The molecule has 1 aromatic carbocycles. The van der Waals surface area contributed by atoms with Gasteiger partial charge in [-0.3, -0.25) is 18.6 Å². The molecule has 6 unspecified atom stereocenters. The third-order valence-corrected chi connectivity index (χ3v) is 8.98. The number of allylic oxidation sites excluding steroid dienone is 3. The number of ether oxygens (including phenoxy) is 2. The number of methoxy groups -OCH3 is 1. The summed E-state index contributed by atoms with van der Waals surface area (Å²) in [5.74, 6) is -0.635. The molecule has 1 aliphatic carbocycles. The Hall–Kier alpha value is -3.36. The zero-order valence-electron chi connectivity index (χ0n) is 30.2. The highest BCUT2D eigenvalue weighted by Crippen LogP contribution is 2.40. The van der Waals surface area contributed by atoms with E-state index in [9.17, 15) is 23.4 Å². The van der Waals surface area contributed by atoms with E-state index in [1.807, 2.05) is 26.8 Å². The number of carbonyl (C=O) groups excluding carboxylic acids is 5. The van der Waals surface area contributed by atoms with Crippen molar-refractivity contribution in [3.63, 3.8) is 0 Å². The largest absolute Gasteiger partial charge is 0.469 e. The topological polar surface area (TPSA) is 185 Å². The minimum Gasteiger partial charge on any atom is -0.469 e. The molecule has 3 amide bonds. The first kappa shape index (κ1) is 46.6. The van der Waals surface area contributed by atoms with Crippen LogP contribution in [0.4, 0.5) is 4.79 Å². The first-order valence-corrected chi connectivity index (χ1v) is 18.9. The second-order valence-corrected chi connectivity index (χ2v) is 13.3. The smallest absolute Gasteiger partial charge is 0.404 e. The number of likely N-dealkylation sites (tertiary alicyclic amines) is 1. The molecule has 6 atom stereocenters. The van der Waals surface area contributed by atoms with Gasteiger partial charge >= 0.3 is 12.1 Å². The predicted molar refractivity (Wildman–Crippen MR) is 198 cm³/mol. The number of hydrogen-bond donors (Lipinski definition) is 2.